The van der Waals surface area contributed by atoms with Crippen molar-refractivity contribution in [2.24, 2.45) is 11.3 Å². The van der Waals surface area contributed by atoms with Gasteiger partial charge in [-0.05, 0) is 44.1 Å². The third-order valence-corrected chi connectivity index (χ3v) is 7.95. The molecule has 4 fully saturated rings. The zero-order valence-corrected chi connectivity index (χ0v) is 16.8. The first-order chi connectivity index (χ1) is 13.7. The fourth-order valence-electron chi connectivity index (χ4n) is 6.47. The maximum atomic E-state index is 13.3. The second-order valence-corrected chi connectivity index (χ2v) is 9.43. The highest BCUT2D eigenvalue weighted by Gasteiger charge is 2.63. The van der Waals surface area contributed by atoms with Crippen molar-refractivity contribution >= 4 is 11.8 Å². The van der Waals surface area contributed by atoms with Crippen LogP contribution in [0, 0.1) is 11.3 Å². The molecule has 1 aromatic rings. The Morgan fingerprint density at radius 3 is 2.18 bits per heavy atom. The average molecular weight is 381 g/mol. The van der Waals surface area contributed by atoms with E-state index < -0.39 is 0 Å². The summed E-state index contributed by atoms with van der Waals surface area (Å²) < 4.78 is 0. The molecule has 2 aliphatic heterocycles. The van der Waals surface area contributed by atoms with Crippen molar-refractivity contribution in [2.75, 3.05) is 13.1 Å². The van der Waals surface area contributed by atoms with E-state index in [9.17, 15) is 9.59 Å². The van der Waals surface area contributed by atoms with Crippen LogP contribution in [0.15, 0.2) is 30.3 Å². The maximum absolute atomic E-state index is 13.3. The van der Waals surface area contributed by atoms with Gasteiger partial charge in [0.25, 0.3) is 0 Å². The van der Waals surface area contributed by atoms with E-state index in [1.807, 2.05) is 0 Å². The van der Waals surface area contributed by atoms with Gasteiger partial charge < -0.3 is 9.80 Å². The Hall–Kier alpha value is -1.84. The van der Waals surface area contributed by atoms with Crippen LogP contribution in [-0.4, -0.2) is 40.7 Å². The molecule has 28 heavy (non-hydrogen) atoms. The largest absolute Gasteiger partial charge is 0.342 e. The predicted molar refractivity (Wildman–Crippen MR) is 108 cm³/mol. The van der Waals surface area contributed by atoms with Crippen LogP contribution in [0.3, 0.4) is 0 Å². The first-order valence-electron chi connectivity index (χ1n) is 11.4. The molecule has 5 rings (SSSR count). The molecule has 1 spiro atoms. The van der Waals surface area contributed by atoms with Crippen molar-refractivity contribution in [2.45, 2.75) is 76.3 Å². The maximum Gasteiger partial charge on any atom is 0.232 e. The number of carbonyl (C=O) groups is 2. The van der Waals surface area contributed by atoms with Crippen molar-refractivity contribution < 1.29 is 9.59 Å². The summed E-state index contributed by atoms with van der Waals surface area (Å²) in [6.07, 6.45) is 10.9. The smallest absolute Gasteiger partial charge is 0.232 e. The SMILES string of the molecule is O=C(C1CCCC1)N1CCC(N2C(=O)C3(CCCC3)C2c2ccccc2)CC1. The van der Waals surface area contributed by atoms with E-state index in [1.54, 1.807) is 0 Å². The summed E-state index contributed by atoms with van der Waals surface area (Å²) in [6, 6.07) is 11.2. The topological polar surface area (TPSA) is 40.6 Å². The zero-order chi connectivity index (χ0) is 19.1. The summed E-state index contributed by atoms with van der Waals surface area (Å²) in [7, 11) is 0. The average Bonchev–Trinajstić information content (AvgIpc) is 3.45. The molecule has 2 amide bonds. The number of hydrogen-bond donors (Lipinski definition) is 0. The first kappa shape index (κ1) is 18.2. The van der Waals surface area contributed by atoms with E-state index in [0.717, 1.165) is 51.6 Å². The summed E-state index contributed by atoms with van der Waals surface area (Å²) in [5.41, 5.74) is 1.16. The monoisotopic (exact) mass is 380 g/mol. The molecule has 0 aromatic heterocycles. The Morgan fingerprint density at radius 2 is 1.54 bits per heavy atom. The van der Waals surface area contributed by atoms with Gasteiger partial charge in [-0.2, -0.15) is 0 Å². The molecule has 1 aromatic carbocycles. The number of hydrogen-bond acceptors (Lipinski definition) is 2. The molecule has 150 valence electrons. The Bertz CT molecular complexity index is 726. The van der Waals surface area contributed by atoms with Gasteiger partial charge in [0.05, 0.1) is 11.5 Å². The van der Waals surface area contributed by atoms with E-state index in [0.29, 0.717) is 11.8 Å². The van der Waals surface area contributed by atoms with E-state index >= 15 is 0 Å². The van der Waals surface area contributed by atoms with Crippen LogP contribution in [0.4, 0.5) is 0 Å². The normalized spacial score (nSPS) is 28.1. The van der Waals surface area contributed by atoms with Crippen molar-refractivity contribution in [1.82, 2.24) is 9.80 Å². The summed E-state index contributed by atoms with van der Waals surface area (Å²) >= 11 is 0. The van der Waals surface area contributed by atoms with E-state index in [4.69, 9.17) is 0 Å². The second kappa shape index (κ2) is 7.20. The molecule has 2 saturated heterocycles. The molecule has 2 saturated carbocycles. The summed E-state index contributed by atoms with van der Waals surface area (Å²) in [6.45, 7) is 1.64. The van der Waals surface area contributed by atoms with Crippen LogP contribution in [0.25, 0.3) is 0 Å². The van der Waals surface area contributed by atoms with Crippen molar-refractivity contribution in [3.05, 3.63) is 35.9 Å². The van der Waals surface area contributed by atoms with Gasteiger partial charge in [0.2, 0.25) is 11.8 Å². The molecule has 1 atom stereocenters. The van der Waals surface area contributed by atoms with Gasteiger partial charge in [0.15, 0.2) is 0 Å². The highest BCUT2D eigenvalue weighted by atomic mass is 16.2. The molecule has 2 heterocycles. The van der Waals surface area contributed by atoms with Crippen LogP contribution in [0.1, 0.15) is 75.8 Å². The number of piperidine rings is 1. The lowest BCUT2D eigenvalue weighted by molar-refractivity contribution is -0.181. The Balaban J connectivity index is 1.30. The predicted octanol–water partition coefficient (Wildman–Crippen LogP) is 4.31. The van der Waals surface area contributed by atoms with Crippen molar-refractivity contribution in [3.63, 3.8) is 0 Å². The minimum Gasteiger partial charge on any atom is -0.342 e. The number of β-lactam (4-membered cyclic amide) rings is 1. The molecule has 4 heteroatoms. The lowest BCUT2D eigenvalue weighted by Crippen LogP contribution is -2.66. The van der Waals surface area contributed by atoms with Crippen LogP contribution in [0.5, 0.6) is 0 Å². The van der Waals surface area contributed by atoms with Crippen molar-refractivity contribution in [1.29, 1.82) is 0 Å². The molecule has 1 unspecified atom stereocenters. The Morgan fingerprint density at radius 1 is 0.893 bits per heavy atom. The Kier molecular flexibility index (Phi) is 4.68. The summed E-state index contributed by atoms with van der Waals surface area (Å²) in [5, 5.41) is 0. The Labute approximate surface area is 168 Å². The van der Waals surface area contributed by atoms with Crippen LogP contribution < -0.4 is 0 Å². The van der Waals surface area contributed by atoms with Gasteiger partial charge >= 0.3 is 0 Å². The highest BCUT2D eigenvalue weighted by Crippen LogP contribution is 2.60. The van der Waals surface area contributed by atoms with E-state index in [-0.39, 0.29) is 23.4 Å². The fourth-order valence-corrected chi connectivity index (χ4v) is 6.47. The van der Waals surface area contributed by atoms with Gasteiger partial charge in [-0.25, -0.2) is 0 Å². The minimum atomic E-state index is -0.141. The fraction of sp³-hybridized carbons (Fsp3) is 0.667. The molecular weight excluding hydrogens is 348 g/mol. The van der Waals surface area contributed by atoms with Gasteiger partial charge in [-0.15, -0.1) is 0 Å². The molecular formula is C24H32N2O2. The second-order valence-electron chi connectivity index (χ2n) is 9.43. The lowest BCUT2D eigenvalue weighted by atomic mass is 9.65. The van der Waals surface area contributed by atoms with Crippen molar-refractivity contribution in [3.8, 4) is 0 Å². The third-order valence-electron chi connectivity index (χ3n) is 7.95. The number of likely N-dealkylation sites (tertiary alicyclic amines) is 2. The molecule has 0 bridgehead atoms. The lowest BCUT2D eigenvalue weighted by Gasteiger charge is -2.59. The molecule has 0 N–H and O–H groups in total. The van der Waals surface area contributed by atoms with Gasteiger partial charge in [0.1, 0.15) is 0 Å². The number of amides is 2. The number of nitrogens with zero attached hydrogens (tertiary/aromatic N) is 2. The molecule has 4 aliphatic rings. The van der Waals surface area contributed by atoms with Crippen LogP contribution >= 0.6 is 0 Å². The summed E-state index contributed by atoms with van der Waals surface area (Å²) in [5.74, 6) is 1.03. The minimum absolute atomic E-state index is 0.141. The molecule has 0 radical (unpaired) electrons. The number of benzene rings is 1. The zero-order valence-electron chi connectivity index (χ0n) is 16.8. The van der Waals surface area contributed by atoms with Crippen LogP contribution in [0.2, 0.25) is 0 Å². The standard InChI is InChI=1S/C24H32N2O2/c27-22(19-10-4-5-11-19)25-16-12-20(13-17-25)26-21(18-8-2-1-3-9-18)24(23(26)28)14-6-7-15-24/h1-3,8-9,19-21H,4-7,10-17H2. The van der Waals surface area contributed by atoms with Gasteiger partial charge in [-0.3, -0.25) is 9.59 Å². The van der Waals surface area contributed by atoms with Gasteiger partial charge in [0, 0.05) is 25.0 Å². The number of rotatable bonds is 3. The third kappa shape index (κ3) is 2.79. The van der Waals surface area contributed by atoms with E-state index in [2.05, 4.69) is 40.1 Å². The molecule has 4 nitrogen and oxygen atoms in total. The quantitative estimate of drug-likeness (QED) is 0.733. The van der Waals surface area contributed by atoms with Crippen LogP contribution in [-0.2, 0) is 9.59 Å². The molecule has 2 aliphatic carbocycles. The highest BCUT2D eigenvalue weighted by molar-refractivity contribution is 5.91. The van der Waals surface area contributed by atoms with E-state index in [1.165, 1.54) is 31.2 Å². The van der Waals surface area contributed by atoms with Gasteiger partial charge in [-0.1, -0.05) is 56.0 Å². The number of carbonyl (C=O) groups excluding carboxylic acids is 2. The first-order valence-corrected chi connectivity index (χ1v) is 11.4. The summed E-state index contributed by atoms with van der Waals surface area (Å²) in [4.78, 5) is 30.4.